The van der Waals surface area contributed by atoms with Crippen molar-refractivity contribution in [2.75, 3.05) is 39.6 Å². The second-order valence-electron chi connectivity index (χ2n) is 30.0. The Kier molecular flexibility index (Phi) is 70.0. The average molecular weight is 1480 g/mol. The standard InChI is InChI=1S/C82H156O17P2/c1-8-10-11-12-13-14-15-16-19-26-31-36-41-49-56-63-79(84)92-69-77(98-81(86)65-58-51-42-37-32-27-22-17-20-24-29-34-39-46-53-60-73(3)4)71-96-100(88,89)94-67-76(83)68-95-101(90,91)97-72-78(70-93-80(85)64-57-50-45-44-48-55-62-75(7)9-2)99-82(87)66-59-52-43-38-33-28-23-18-21-25-30-35-40-47-54-61-74(5)6/h14-16,19,73-78,83H,8-13,17-18,20-72H2,1-7H3,(H,88,89)(H,90,91)/b15-14-,19-16-/t75?,76-,77-,78-/m1/s1. The molecule has 0 aliphatic heterocycles. The van der Waals surface area contributed by atoms with Crippen LogP contribution in [-0.4, -0.2) is 96.7 Å². The van der Waals surface area contributed by atoms with Gasteiger partial charge in [0.05, 0.1) is 26.4 Å². The molecule has 101 heavy (non-hydrogen) atoms. The molecule has 0 saturated carbocycles. The summed E-state index contributed by atoms with van der Waals surface area (Å²) >= 11 is 0. The summed E-state index contributed by atoms with van der Waals surface area (Å²) in [5, 5.41) is 10.6. The third kappa shape index (κ3) is 74.2. The molecule has 3 unspecified atom stereocenters. The second-order valence-corrected chi connectivity index (χ2v) is 32.9. The van der Waals surface area contributed by atoms with Gasteiger partial charge in [-0.15, -0.1) is 0 Å². The number of rotatable bonds is 78. The highest BCUT2D eigenvalue weighted by molar-refractivity contribution is 7.47. The summed E-state index contributed by atoms with van der Waals surface area (Å²) in [6.45, 7) is 11.9. The van der Waals surface area contributed by atoms with Crippen LogP contribution >= 0.6 is 15.6 Å². The molecule has 0 bridgehead atoms. The zero-order valence-corrected chi connectivity index (χ0v) is 67.6. The normalized spacial score (nSPS) is 14.4. The maximum atomic E-state index is 13.1. The van der Waals surface area contributed by atoms with E-state index in [9.17, 15) is 43.2 Å². The fraction of sp³-hybridized carbons (Fsp3) is 0.902. The molecule has 0 spiro atoms. The lowest BCUT2D eigenvalue weighted by atomic mass is 10.00. The van der Waals surface area contributed by atoms with E-state index >= 15 is 0 Å². The second kappa shape index (κ2) is 71.8. The van der Waals surface area contributed by atoms with Crippen molar-refractivity contribution in [3.63, 3.8) is 0 Å². The Balaban J connectivity index is 5.27. The summed E-state index contributed by atoms with van der Waals surface area (Å²) in [5.41, 5.74) is 0. The number of ether oxygens (including phenoxy) is 4. The Morgan fingerprint density at radius 2 is 0.584 bits per heavy atom. The molecule has 6 atom stereocenters. The van der Waals surface area contributed by atoms with E-state index in [4.69, 9.17) is 37.0 Å². The number of aliphatic hydroxyl groups excluding tert-OH is 1. The quantitative estimate of drug-likeness (QED) is 0.0169. The molecule has 0 fully saturated rings. The third-order valence-electron chi connectivity index (χ3n) is 18.9. The van der Waals surface area contributed by atoms with Gasteiger partial charge in [-0.25, -0.2) is 9.13 Å². The Labute approximate surface area is 618 Å². The molecule has 0 aliphatic carbocycles. The molecule has 17 nitrogen and oxygen atoms in total. The van der Waals surface area contributed by atoms with Gasteiger partial charge in [-0.3, -0.25) is 37.3 Å². The molecule has 0 heterocycles. The van der Waals surface area contributed by atoms with Crippen LogP contribution < -0.4 is 0 Å². The predicted octanol–water partition coefficient (Wildman–Crippen LogP) is 24.1. The number of unbranched alkanes of at least 4 members (excludes halogenated alkanes) is 42. The van der Waals surface area contributed by atoms with Gasteiger partial charge in [0.2, 0.25) is 0 Å². The van der Waals surface area contributed by atoms with E-state index in [1.165, 1.54) is 186 Å². The smallest absolute Gasteiger partial charge is 0.462 e. The van der Waals surface area contributed by atoms with Gasteiger partial charge in [-0.05, 0) is 69.1 Å². The van der Waals surface area contributed by atoms with Gasteiger partial charge < -0.3 is 33.8 Å². The fourth-order valence-electron chi connectivity index (χ4n) is 12.1. The monoisotopic (exact) mass is 1480 g/mol. The number of esters is 4. The van der Waals surface area contributed by atoms with Crippen LogP contribution in [-0.2, 0) is 65.4 Å². The van der Waals surface area contributed by atoms with E-state index < -0.39 is 97.5 Å². The maximum Gasteiger partial charge on any atom is 0.472 e. The van der Waals surface area contributed by atoms with Crippen molar-refractivity contribution >= 4 is 39.5 Å². The minimum Gasteiger partial charge on any atom is -0.462 e. The van der Waals surface area contributed by atoms with Crippen molar-refractivity contribution < 1.29 is 80.2 Å². The highest BCUT2D eigenvalue weighted by Gasteiger charge is 2.30. The zero-order valence-electron chi connectivity index (χ0n) is 65.9. The summed E-state index contributed by atoms with van der Waals surface area (Å²) in [5.74, 6) is 0.190. The molecule has 0 aromatic rings. The summed E-state index contributed by atoms with van der Waals surface area (Å²) < 4.78 is 68.7. The molecule has 0 amide bonds. The highest BCUT2D eigenvalue weighted by Crippen LogP contribution is 2.45. The van der Waals surface area contributed by atoms with Crippen LogP contribution in [0.15, 0.2) is 24.3 Å². The Hall–Kier alpha value is -2.46. The maximum absolute atomic E-state index is 13.1. The number of phosphoric ester groups is 2. The first kappa shape index (κ1) is 98.5. The molecule has 0 aromatic heterocycles. The number of carbonyl (C=O) groups excluding carboxylic acids is 4. The molecule has 19 heteroatoms. The molecule has 0 saturated heterocycles. The number of phosphoric acid groups is 2. The van der Waals surface area contributed by atoms with Gasteiger partial charge in [-0.2, -0.15) is 0 Å². The van der Waals surface area contributed by atoms with Crippen LogP contribution in [0.5, 0.6) is 0 Å². The minimum absolute atomic E-state index is 0.101. The van der Waals surface area contributed by atoms with Gasteiger partial charge in [0, 0.05) is 25.7 Å². The fourth-order valence-corrected chi connectivity index (χ4v) is 13.7. The summed E-state index contributed by atoms with van der Waals surface area (Å²) in [7, 11) is -9.93. The third-order valence-corrected chi connectivity index (χ3v) is 20.8. The van der Waals surface area contributed by atoms with Crippen molar-refractivity contribution in [1.29, 1.82) is 0 Å². The van der Waals surface area contributed by atoms with Crippen LogP contribution in [0.4, 0.5) is 0 Å². The predicted molar refractivity (Wildman–Crippen MR) is 414 cm³/mol. The molecule has 3 N–H and O–H groups in total. The molecule has 596 valence electrons. The number of hydrogen-bond donors (Lipinski definition) is 3. The highest BCUT2D eigenvalue weighted by atomic mass is 31.2. The molecular formula is C82H156O17P2. The first-order valence-corrected chi connectivity index (χ1v) is 44.7. The summed E-state index contributed by atoms with van der Waals surface area (Å²) in [4.78, 5) is 73.0. The molecule has 0 aromatic carbocycles. The molecular weight excluding hydrogens is 1320 g/mol. The summed E-state index contributed by atoms with van der Waals surface area (Å²) in [6.07, 6.45) is 63.3. The molecule has 0 radical (unpaired) electrons. The van der Waals surface area contributed by atoms with Gasteiger partial charge >= 0.3 is 39.5 Å². The first-order chi connectivity index (χ1) is 48.8. The van der Waals surface area contributed by atoms with Gasteiger partial charge in [0.1, 0.15) is 19.3 Å². The lowest BCUT2D eigenvalue weighted by molar-refractivity contribution is -0.161. The SMILES string of the molecule is CCCCCC/C=C\C=C/CCCCCCCC(=O)OC[C@H](COP(=O)(O)OC[C@@H](O)COP(=O)(O)OC[C@@H](COC(=O)CCCCCCCCC(C)CC)OC(=O)CCCCCCCCCCCCCCCCCC(C)C)OC(=O)CCCCCCCCCCCCCCCCCC(C)C. The molecule has 0 rings (SSSR count). The zero-order chi connectivity index (χ0) is 74.4. The van der Waals surface area contributed by atoms with Crippen molar-refractivity contribution in [2.24, 2.45) is 17.8 Å². The lowest BCUT2D eigenvalue weighted by Crippen LogP contribution is -2.30. The largest absolute Gasteiger partial charge is 0.472 e. The number of aliphatic hydroxyl groups is 1. The Morgan fingerprint density at radius 3 is 0.881 bits per heavy atom. The van der Waals surface area contributed by atoms with Crippen LogP contribution in [0.1, 0.15) is 402 Å². The van der Waals surface area contributed by atoms with Crippen molar-refractivity contribution in [3.05, 3.63) is 24.3 Å². The topological polar surface area (TPSA) is 237 Å². The molecule has 0 aliphatic rings. The van der Waals surface area contributed by atoms with Crippen LogP contribution in [0.25, 0.3) is 0 Å². The lowest BCUT2D eigenvalue weighted by Gasteiger charge is -2.21. The van der Waals surface area contributed by atoms with E-state index in [1.807, 2.05) is 0 Å². The van der Waals surface area contributed by atoms with E-state index in [0.29, 0.717) is 25.7 Å². The van der Waals surface area contributed by atoms with Gasteiger partial charge in [0.25, 0.3) is 0 Å². The number of allylic oxidation sites excluding steroid dienone is 4. The summed E-state index contributed by atoms with van der Waals surface area (Å²) in [6, 6.07) is 0. The van der Waals surface area contributed by atoms with E-state index in [2.05, 4.69) is 72.8 Å². The Morgan fingerprint density at radius 1 is 0.327 bits per heavy atom. The van der Waals surface area contributed by atoms with Gasteiger partial charge in [0.15, 0.2) is 12.2 Å². The number of hydrogen-bond acceptors (Lipinski definition) is 15. The van der Waals surface area contributed by atoms with Gasteiger partial charge in [-0.1, -0.05) is 349 Å². The van der Waals surface area contributed by atoms with Crippen LogP contribution in [0, 0.1) is 17.8 Å². The minimum atomic E-state index is -4.97. The number of carbonyl (C=O) groups is 4. The van der Waals surface area contributed by atoms with Crippen molar-refractivity contribution in [1.82, 2.24) is 0 Å². The van der Waals surface area contributed by atoms with Crippen molar-refractivity contribution in [2.45, 2.75) is 420 Å². The van der Waals surface area contributed by atoms with Crippen LogP contribution in [0.3, 0.4) is 0 Å². The van der Waals surface area contributed by atoms with Crippen LogP contribution in [0.2, 0.25) is 0 Å². The Bertz CT molecular complexity index is 2050. The van der Waals surface area contributed by atoms with E-state index in [-0.39, 0.29) is 25.7 Å². The van der Waals surface area contributed by atoms with E-state index in [0.717, 1.165) is 133 Å². The van der Waals surface area contributed by atoms with E-state index in [1.54, 1.807) is 0 Å². The van der Waals surface area contributed by atoms with Crippen molar-refractivity contribution in [3.8, 4) is 0 Å². The average Bonchev–Trinajstić information content (AvgIpc) is 0.917. The first-order valence-electron chi connectivity index (χ1n) is 41.7.